The van der Waals surface area contributed by atoms with Crippen LogP contribution in [0.2, 0.25) is 5.02 Å². The normalized spacial score (nSPS) is 10.8. The van der Waals surface area contributed by atoms with Gasteiger partial charge in [-0.15, -0.1) is 0 Å². The van der Waals surface area contributed by atoms with E-state index in [9.17, 15) is 20.2 Å². The van der Waals surface area contributed by atoms with Gasteiger partial charge in [0.15, 0.2) is 0 Å². The first-order chi connectivity index (χ1) is 15.4. The van der Waals surface area contributed by atoms with Crippen LogP contribution in [0.1, 0.15) is 11.1 Å². The zero-order valence-electron chi connectivity index (χ0n) is 16.4. The largest absolute Gasteiger partial charge is 0.488 e. The molecular weight excluding hydrogens is 498 g/mol. The molecule has 0 aliphatic heterocycles. The Kier molecular flexibility index (Phi) is 7.60. The first-order valence-electron chi connectivity index (χ1n) is 9.20. The van der Waals surface area contributed by atoms with E-state index in [-0.39, 0.29) is 17.9 Å². The van der Waals surface area contributed by atoms with Crippen molar-refractivity contribution in [3.63, 3.8) is 0 Å². The van der Waals surface area contributed by atoms with E-state index in [0.717, 1.165) is 0 Å². The summed E-state index contributed by atoms with van der Waals surface area (Å²) < 4.78 is 6.34. The number of nitrogens with one attached hydrogen (secondary N) is 1. The highest BCUT2D eigenvalue weighted by Crippen LogP contribution is 2.28. The molecule has 0 fully saturated rings. The summed E-state index contributed by atoms with van der Waals surface area (Å²) in [5, 5.41) is 23.4. The molecule has 32 heavy (non-hydrogen) atoms. The zero-order valence-corrected chi connectivity index (χ0v) is 18.8. The number of amides is 1. The molecule has 3 rings (SSSR count). The van der Waals surface area contributed by atoms with Crippen molar-refractivity contribution in [1.29, 1.82) is 5.26 Å². The Labute approximate surface area is 197 Å². The summed E-state index contributed by atoms with van der Waals surface area (Å²) >= 11 is 9.32. The summed E-state index contributed by atoms with van der Waals surface area (Å²) in [6, 6.07) is 19.8. The molecule has 7 nitrogen and oxygen atoms in total. The van der Waals surface area contributed by atoms with E-state index < -0.39 is 10.8 Å². The van der Waals surface area contributed by atoms with E-state index in [1.54, 1.807) is 54.6 Å². The Balaban J connectivity index is 1.71. The maximum absolute atomic E-state index is 12.4. The highest BCUT2D eigenvalue weighted by atomic mass is 79.9. The summed E-state index contributed by atoms with van der Waals surface area (Å²) in [4.78, 5) is 22.8. The summed E-state index contributed by atoms with van der Waals surface area (Å²) in [5.41, 5.74) is 1.65. The fraction of sp³-hybridized carbons (Fsp3) is 0.0435. The Morgan fingerprint density at radius 2 is 1.97 bits per heavy atom. The summed E-state index contributed by atoms with van der Waals surface area (Å²) in [6.07, 6.45) is 1.45. The lowest BCUT2D eigenvalue weighted by Crippen LogP contribution is -2.13. The number of nitrogens with zero attached hydrogens (tertiary/aromatic N) is 2. The van der Waals surface area contributed by atoms with Crippen molar-refractivity contribution in [1.82, 2.24) is 0 Å². The van der Waals surface area contributed by atoms with Crippen molar-refractivity contribution in [3.05, 3.63) is 103 Å². The lowest BCUT2D eigenvalue weighted by Gasteiger charge is -2.09. The minimum atomic E-state index is -0.558. The van der Waals surface area contributed by atoms with Crippen LogP contribution < -0.4 is 10.1 Å². The van der Waals surface area contributed by atoms with Gasteiger partial charge in [0, 0.05) is 22.8 Å². The summed E-state index contributed by atoms with van der Waals surface area (Å²) in [6.45, 7) is 0.140. The molecule has 0 aromatic heterocycles. The molecule has 9 heteroatoms. The maximum atomic E-state index is 12.4. The van der Waals surface area contributed by atoms with Gasteiger partial charge in [-0.2, -0.15) is 5.26 Å². The van der Waals surface area contributed by atoms with E-state index in [0.29, 0.717) is 32.1 Å². The maximum Gasteiger partial charge on any atom is 0.269 e. The molecule has 0 saturated carbocycles. The standard InChI is InChI=1S/C23H15BrClN3O4/c24-21-11-15(9-17(13-26)23(29)27-19-5-2-4-18(25)12-19)7-8-22(21)32-14-16-3-1-6-20(10-16)28(30)31/h1-12H,14H2,(H,27,29)/b17-9+. The molecule has 160 valence electrons. The number of hydrogen-bond donors (Lipinski definition) is 1. The molecule has 3 aromatic carbocycles. The number of non-ortho nitro benzene ring substituents is 1. The van der Waals surface area contributed by atoms with E-state index in [1.165, 1.54) is 18.2 Å². The number of nitriles is 1. The fourth-order valence-electron chi connectivity index (χ4n) is 2.72. The van der Waals surface area contributed by atoms with Gasteiger partial charge in [0.1, 0.15) is 24.0 Å². The first-order valence-corrected chi connectivity index (χ1v) is 10.4. The number of carbonyl (C=O) groups is 1. The van der Waals surface area contributed by atoms with Gasteiger partial charge < -0.3 is 10.1 Å². The second-order valence-corrected chi connectivity index (χ2v) is 7.83. The first kappa shape index (κ1) is 23.0. The number of anilines is 1. The molecule has 0 heterocycles. The van der Waals surface area contributed by atoms with Crippen LogP contribution in [0, 0.1) is 21.4 Å². The molecule has 0 atom stereocenters. The van der Waals surface area contributed by atoms with Gasteiger partial charge >= 0.3 is 0 Å². The quantitative estimate of drug-likeness (QED) is 0.177. The Morgan fingerprint density at radius 1 is 1.19 bits per heavy atom. The van der Waals surface area contributed by atoms with E-state index >= 15 is 0 Å². The minimum absolute atomic E-state index is 0.00858. The third-order valence-corrected chi connectivity index (χ3v) is 5.09. The zero-order chi connectivity index (χ0) is 23.1. The second-order valence-electron chi connectivity index (χ2n) is 6.54. The number of rotatable bonds is 7. The molecule has 0 bridgehead atoms. The van der Waals surface area contributed by atoms with Crippen molar-refractivity contribution in [2.75, 3.05) is 5.32 Å². The van der Waals surface area contributed by atoms with Gasteiger partial charge in [0.2, 0.25) is 0 Å². The van der Waals surface area contributed by atoms with E-state index in [4.69, 9.17) is 16.3 Å². The van der Waals surface area contributed by atoms with Crippen LogP contribution >= 0.6 is 27.5 Å². The van der Waals surface area contributed by atoms with Crippen LogP contribution in [-0.2, 0) is 11.4 Å². The monoisotopic (exact) mass is 511 g/mol. The Morgan fingerprint density at radius 3 is 2.66 bits per heavy atom. The summed E-state index contributed by atoms with van der Waals surface area (Å²) in [5.74, 6) is -0.0487. The Bertz CT molecular complexity index is 1250. The van der Waals surface area contributed by atoms with Crippen molar-refractivity contribution in [2.24, 2.45) is 0 Å². The lowest BCUT2D eigenvalue weighted by atomic mass is 10.1. The van der Waals surface area contributed by atoms with Crippen molar-refractivity contribution in [3.8, 4) is 11.8 Å². The molecule has 1 amide bonds. The van der Waals surface area contributed by atoms with Crippen molar-refractivity contribution in [2.45, 2.75) is 6.61 Å². The van der Waals surface area contributed by atoms with Crippen LogP contribution in [0.5, 0.6) is 5.75 Å². The predicted octanol–water partition coefficient (Wildman–Crippen LogP) is 6.14. The summed E-state index contributed by atoms with van der Waals surface area (Å²) in [7, 11) is 0. The average Bonchev–Trinajstić information content (AvgIpc) is 2.77. The molecule has 0 spiro atoms. The number of carbonyl (C=O) groups excluding carboxylic acids is 1. The van der Waals surface area contributed by atoms with Crippen LogP contribution in [0.3, 0.4) is 0 Å². The number of hydrogen-bond acceptors (Lipinski definition) is 5. The SMILES string of the molecule is N#C/C(=C\c1ccc(OCc2cccc([N+](=O)[O-])c2)c(Br)c1)C(=O)Nc1cccc(Cl)c1. The van der Waals surface area contributed by atoms with E-state index in [2.05, 4.69) is 21.2 Å². The molecule has 0 aliphatic carbocycles. The molecule has 0 saturated heterocycles. The van der Waals surface area contributed by atoms with Gasteiger partial charge in [-0.1, -0.05) is 35.9 Å². The third-order valence-electron chi connectivity index (χ3n) is 4.23. The number of halogens is 2. The second kappa shape index (κ2) is 10.6. The number of nitro groups is 1. The van der Waals surface area contributed by atoms with Gasteiger partial charge in [-0.3, -0.25) is 14.9 Å². The molecular formula is C23H15BrClN3O4. The number of nitro benzene ring substituents is 1. The predicted molar refractivity (Wildman–Crippen MR) is 125 cm³/mol. The van der Waals surface area contributed by atoms with E-state index in [1.807, 2.05) is 6.07 Å². The highest BCUT2D eigenvalue weighted by molar-refractivity contribution is 9.10. The molecule has 3 aromatic rings. The number of ether oxygens (including phenoxy) is 1. The highest BCUT2D eigenvalue weighted by Gasteiger charge is 2.11. The molecule has 1 N–H and O–H groups in total. The number of benzene rings is 3. The van der Waals surface area contributed by atoms with Crippen LogP contribution in [0.15, 0.2) is 76.8 Å². The van der Waals surface area contributed by atoms with Gasteiger partial charge in [-0.05, 0) is 63.5 Å². The Hall–Kier alpha value is -3.67. The molecule has 0 unspecified atom stereocenters. The van der Waals surface area contributed by atoms with Gasteiger partial charge in [-0.25, -0.2) is 0 Å². The van der Waals surface area contributed by atoms with Crippen molar-refractivity contribution >= 4 is 50.9 Å². The third kappa shape index (κ3) is 6.17. The van der Waals surface area contributed by atoms with Gasteiger partial charge in [0.25, 0.3) is 11.6 Å². The lowest BCUT2D eigenvalue weighted by molar-refractivity contribution is -0.384. The van der Waals surface area contributed by atoms with Crippen LogP contribution in [0.25, 0.3) is 6.08 Å². The molecule has 0 aliphatic rings. The van der Waals surface area contributed by atoms with Gasteiger partial charge in [0.05, 0.1) is 9.40 Å². The van der Waals surface area contributed by atoms with Crippen molar-refractivity contribution < 1.29 is 14.5 Å². The fourth-order valence-corrected chi connectivity index (χ4v) is 3.43. The molecule has 0 radical (unpaired) electrons. The average molecular weight is 513 g/mol. The smallest absolute Gasteiger partial charge is 0.269 e. The van der Waals surface area contributed by atoms with Crippen LogP contribution in [0.4, 0.5) is 11.4 Å². The topological polar surface area (TPSA) is 105 Å². The van der Waals surface area contributed by atoms with Crippen LogP contribution in [-0.4, -0.2) is 10.8 Å². The minimum Gasteiger partial charge on any atom is -0.488 e.